The number of aliphatic hydroxyl groups excluding tert-OH is 1. The molecule has 38 heavy (non-hydrogen) atoms. The summed E-state index contributed by atoms with van der Waals surface area (Å²) in [5.74, 6) is 0.704. The van der Waals surface area contributed by atoms with Crippen molar-refractivity contribution in [3.8, 4) is 11.1 Å². The number of nitrogens with one attached hydrogen (secondary N) is 3. The van der Waals surface area contributed by atoms with Gasteiger partial charge in [-0.2, -0.15) is 4.98 Å². The molecule has 3 aromatic rings. The average Bonchev–Trinajstić information content (AvgIpc) is 2.88. The van der Waals surface area contributed by atoms with Crippen LogP contribution in [0.5, 0.6) is 0 Å². The lowest BCUT2D eigenvalue weighted by Gasteiger charge is -2.17. The van der Waals surface area contributed by atoms with Crippen LogP contribution in [0.25, 0.3) is 11.1 Å². The Kier molecular flexibility index (Phi) is 9.74. The predicted molar refractivity (Wildman–Crippen MR) is 147 cm³/mol. The molecule has 2 aromatic carbocycles. The van der Waals surface area contributed by atoms with Crippen LogP contribution >= 0.6 is 0 Å². The molecule has 0 aliphatic rings. The highest BCUT2D eigenvalue weighted by Crippen LogP contribution is 2.29. The largest absolute Gasteiger partial charge is 0.448 e. The number of carbonyl (C=O) groups excluding carboxylic acids is 2. The first kappa shape index (κ1) is 28.5. The number of ether oxygens (including phenoxy) is 1. The summed E-state index contributed by atoms with van der Waals surface area (Å²) in [4.78, 5) is 32.4. The highest BCUT2D eigenvalue weighted by molar-refractivity contribution is 7.93. The third kappa shape index (κ3) is 7.98. The van der Waals surface area contributed by atoms with E-state index >= 15 is 0 Å². The monoisotopic (exact) mass is 540 g/mol. The van der Waals surface area contributed by atoms with E-state index in [0.29, 0.717) is 28.9 Å². The molecule has 0 aliphatic heterocycles. The molecule has 11 nitrogen and oxygen atoms in total. The van der Waals surface area contributed by atoms with Gasteiger partial charge in [0.1, 0.15) is 5.82 Å². The molecule has 3 rings (SSSR count). The van der Waals surface area contributed by atoms with Gasteiger partial charge in [-0.05, 0) is 55.3 Å². The van der Waals surface area contributed by atoms with Crippen LogP contribution in [0, 0.1) is 0 Å². The lowest BCUT2D eigenvalue weighted by atomic mass is 10.0. The van der Waals surface area contributed by atoms with Crippen LogP contribution in [0.1, 0.15) is 26.3 Å². The SMILES string of the molecule is CCOC(=O)N=S(C)(=O)c1ccc(Nc2ncc(-c3cccc(CNC(C)=O)c3)c(N[C@H](C)CO)n2)cc1. The summed E-state index contributed by atoms with van der Waals surface area (Å²) in [5.41, 5.74) is 3.12. The van der Waals surface area contributed by atoms with Gasteiger partial charge >= 0.3 is 6.09 Å². The summed E-state index contributed by atoms with van der Waals surface area (Å²) < 4.78 is 21.3. The molecular formula is C26H32N6O5S. The smallest absolute Gasteiger partial charge is 0.442 e. The molecule has 0 aliphatic carbocycles. The fraction of sp³-hybridized carbons (Fsp3) is 0.308. The van der Waals surface area contributed by atoms with Crippen molar-refractivity contribution in [2.45, 2.75) is 38.3 Å². The van der Waals surface area contributed by atoms with E-state index in [1.165, 1.54) is 13.2 Å². The minimum absolute atomic E-state index is 0.0939. The zero-order valence-electron chi connectivity index (χ0n) is 21.7. The summed E-state index contributed by atoms with van der Waals surface area (Å²) >= 11 is 0. The van der Waals surface area contributed by atoms with Crippen LogP contribution in [-0.4, -0.2) is 56.8 Å². The van der Waals surface area contributed by atoms with Crippen molar-refractivity contribution in [3.05, 3.63) is 60.3 Å². The summed E-state index contributed by atoms with van der Waals surface area (Å²) in [5, 5.41) is 18.7. The van der Waals surface area contributed by atoms with Gasteiger partial charge in [0.15, 0.2) is 0 Å². The van der Waals surface area contributed by atoms with Gasteiger partial charge in [-0.25, -0.2) is 14.0 Å². The first-order valence-electron chi connectivity index (χ1n) is 12.0. The number of hydrogen-bond acceptors (Lipinski definition) is 9. The van der Waals surface area contributed by atoms with Crippen molar-refractivity contribution < 1.29 is 23.6 Å². The molecule has 1 aromatic heterocycles. The van der Waals surface area contributed by atoms with E-state index in [-0.39, 0.29) is 25.2 Å². The van der Waals surface area contributed by atoms with Crippen molar-refractivity contribution in [1.29, 1.82) is 0 Å². The Morgan fingerprint density at radius 2 is 1.92 bits per heavy atom. The Morgan fingerprint density at radius 1 is 1.18 bits per heavy atom. The summed E-state index contributed by atoms with van der Waals surface area (Å²) in [6.07, 6.45) is 2.18. The van der Waals surface area contributed by atoms with E-state index in [2.05, 4.69) is 30.3 Å². The Labute approximate surface area is 222 Å². The van der Waals surface area contributed by atoms with Crippen LogP contribution in [0.3, 0.4) is 0 Å². The molecule has 1 unspecified atom stereocenters. The van der Waals surface area contributed by atoms with Crippen molar-refractivity contribution in [1.82, 2.24) is 15.3 Å². The van der Waals surface area contributed by atoms with Crippen LogP contribution in [0.4, 0.5) is 22.2 Å². The Bertz CT molecular complexity index is 1400. The molecule has 12 heteroatoms. The Balaban J connectivity index is 1.87. The molecule has 1 heterocycles. The van der Waals surface area contributed by atoms with Crippen LogP contribution in [0.2, 0.25) is 0 Å². The van der Waals surface area contributed by atoms with E-state index in [0.717, 1.165) is 16.7 Å². The molecule has 4 N–H and O–H groups in total. The molecular weight excluding hydrogens is 508 g/mol. The van der Waals surface area contributed by atoms with Gasteiger partial charge in [0, 0.05) is 48.1 Å². The van der Waals surface area contributed by atoms with Crippen LogP contribution < -0.4 is 16.0 Å². The molecule has 0 fully saturated rings. The number of rotatable bonds is 10. The second-order valence-corrected chi connectivity index (χ2v) is 10.8. The lowest BCUT2D eigenvalue weighted by Crippen LogP contribution is -2.21. The minimum Gasteiger partial charge on any atom is -0.448 e. The van der Waals surface area contributed by atoms with E-state index in [1.807, 2.05) is 31.2 Å². The van der Waals surface area contributed by atoms with Crippen molar-refractivity contribution in [2.24, 2.45) is 4.36 Å². The lowest BCUT2D eigenvalue weighted by molar-refractivity contribution is -0.119. The van der Waals surface area contributed by atoms with E-state index in [4.69, 9.17) is 4.74 Å². The zero-order chi connectivity index (χ0) is 27.7. The van der Waals surface area contributed by atoms with Crippen LogP contribution in [-0.2, 0) is 25.8 Å². The van der Waals surface area contributed by atoms with Gasteiger partial charge < -0.3 is 25.8 Å². The Morgan fingerprint density at radius 3 is 2.58 bits per heavy atom. The number of anilines is 3. The molecule has 0 saturated carbocycles. The first-order valence-corrected chi connectivity index (χ1v) is 13.9. The molecule has 0 saturated heterocycles. The van der Waals surface area contributed by atoms with Gasteiger partial charge in [0.05, 0.1) is 22.9 Å². The second kappa shape index (κ2) is 13.0. The average molecular weight is 541 g/mol. The maximum absolute atomic E-state index is 12.8. The highest BCUT2D eigenvalue weighted by atomic mass is 32.2. The molecule has 0 radical (unpaired) electrons. The first-order chi connectivity index (χ1) is 18.1. The van der Waals surface area contributed by atoms with Gasteiger partial charge in [-0.15, -0.1) is 4.36 Å². The van der Waals surface area contributed by atoms with Crippen molar-refractivity contribution >= 4 is 39.2 Å². The molecule has 0 bridgehead atoms. The van der Waals surface area contributed by atoms with Gasteiger partial charge in [-0.3, -0.25) is 4.79 Å². The fourth-order valence-electron chi connectivity index (χ4n) is 3.38. The number of benzene rings is 2. The number of amides is 2. The third-order valence-electron chi connectivity index (χ3n) is 5.29. The maximum atomic E-state index is 12.8. The Hall–Kier alpha value is -4.03. The zero-order valence-corrected chi connectivity index (χ0v) is 22.5. The number of aliphatic hydroxyl groups is 1. The van der Waals surface area contributed by atoms with E-state index < -0.39 is 15.8 Å². The molecule has 202 valence electrons. The minimum atomic E-state index is -2.96. The van der Waals surface area contributed by atoms with Gasteiger partial charge in [0.2, 0.25) is 11.9 Å². The summed E-state index contributed by atoms with van der Waals surface area (Å²) in [6.45, 7) is 5.39. The fourth-order valence-corrected chi connectivity index (χ4v) is 4.47. The third-order valence-corrected chi connectivity index (χ3v) is 6.93. The highest BCUT2D eigenvalue weighted by Gasteiger charge is 2.14. The molecule has 2 atom stereocenters. The number of carbonyl (C=O) groups is 2. The summed E-state index contributed by atoms with van der Waals surface area (Å²) in [7, 11) is -2.96. The summed E-state index contributed by atoms with van der Waals surface area (Å²) in [6, 6.07) is 14.0. The topological polar surface area (TPSA) is 155 Å². The second-order valence-electron chi connectivity index (χ2n) is 8.54. The van der Waals surface area contributed by atoms with Crippen molar-refractivity contribution in [2.75, 3.05) is 30.1 Å². The van der Waals surface area contributed by atoms with E-state index in [9.17, 15) is 18.9 Å². The van der Waals surface area contributed by atoms with Crippen molar-refractivity contribution in [3.63, 3.8) is 0 Å². The van der Waals surface area contributed by atoms with Gasteiger partial charge in [0.25, 0.3) is 0 Å². The molecule has 0 spiro atoms. The van der Waals surface area contributed by atoms with E-state index in [1.54, 1.807) is 37.4 Å². The quantitative estimate of drug-likeness (QED) is 0.299. The standard InChI is InChI=1S/C26H32N6O5S/c1-5-37-26(35)32-38(4,36)22-11-9-21(10-12-22)30-25-28-15-23(24(31-25)29-17(2)16-33)20-8-6-7-19(13-20)14-27-18(3)34/h6-13,15,17,33H,5,14,16H2,1-4H3,(H,27,34)(H2,28,29,30,31)/t17-,38?/m1/s1. The van der Waals surface area contributed by atoms with Crippen LogP contribution in [0.15, 0.2) is 64.0 Å². The number of aromatic nitrogens is 2. The van der Waals surface area contributed by atoms with Gasteiger partial charge in [-0.1, -0.05) is 18.2 Å². The number of hydrogen-bond donors (Lipinski definition) is 4. The predicted octanol–water partition coefficient (Wildman–Crippen LogP) is 3.93. The molecule has 2 amide bonds. The normalized spacial score (nSPS) is 13.1. The number of nitrogens with zero attached hydrogens (tertiary/aromatic N) is 3. The maximum Gasteiger partial charge on any atom is 0.442 e.